The molecule has 1 aromatic carbocycles. The molecule has 0 spiro atoms. The Kier molecular flexibility index (Phi) is 3.33. The molecule has 86 valence electrons. The van der Waals surface area contributed by atoms with Gasteiger partial charge in [-0.3, -0.25) is 4.79 Å². The second-order valence-corrected chi connectivity index (χ2v) is 5.60. The maximum absolute atomic E-state index is 11.2. The number of aryl methyl sites for hydroxylation is 1. The summed E-state index contributed by atoms with van der Waals surface area (Å²) in [7, 11) is 0. The van der Waals surface area contributed by atoms with Crippen molar-refractivity contribution in [2.75, 3.05) is 5.32 Å². The van der Waals surface area contributed by atoms with Crippen LogP contribution >= 0.6 is 15.9 Å². The first-order valence-corrected chi connectivity index (χ1v) is 6.56. The summed E-state index contributed by atoms with van der Waals surface area (Å²) in [5.41, 5.74) is 3.52. The Morgan fingerprint density at radius 1 is 1.31 bits per heavy atom. The largest absolute Gasteiger partial charge is 0.326 e. The molecule has 1 N–H and O–H groups in total. The zero-order valence-electron chi connectivity index (χ0n) is 9.59. The molecule has 0 saturated heterocycles. The van der Waals surface area contributed by atoms with Crippen molar-refractivity contribution >= 4 is 27.5 Å². The number of amides is 1. The van der Waals surface area contributed by atoms with Crippen LogP contribution in [0.1, 0.15) is 36.2 Å². The number of carbonyl (C=O) groups is 1. The van der Waals surface area contributed by atoms with E-state index in [1.807, 2.05) is 6.07 Å². The molecule has 0 aromatic heterocycles. The first-order valence-electron chi connectivity index (χ1n) is 5.64. The summed E-state index contributed by atoms with van der Waals surface area (Å²) in [6.45, 7) is 4.39. The molecule has 1 atom stereocenters. The highest BCUT2D eigenvalue weighted by atomic mass is 79.9. The Morgan fingerprint density at radius 2 is 2.06 bits per heavy atom. The fourth-order valence-electron chi connectivity index (χ4n) is 1.96. The molecule has 1 aliphatic heterocycles. The van der Waals surface area contributed by atoms with E-state index in [4.69, 9.17) is 0 Å². The maximum atomic E-state index is 11.2. The van der Waals surface area contributed by atoms with Gasteiger partial charge in [-0.25, -0.2) is 0 Å². The van der Waals surface area contributed by atoms with E-state index in [0.717, 1.165) is 12.1 Å². The molecular formula is C13H16BrNO. The van der Waals surface area contributed by atoms with Crippen molar-refractivity contribution in [1.29, 1.82) is 0 Å². The molecule has 0 fully saturated rings. The van der Waals surface area contributed by atoms with Crippen LogP contribution in [0.25, 0.3) is 0 Å². The summed E-state index contributed by atoms with van der Waals surface area (Å²) in [5, 5.41) is 2.90. The first-order chi connectivity index (χ1) is 7.58. The lowest BCUT2D eigenvalue weighted by Gasteiger charge is -2.20. The summed E-state index contributed by atoms with van der Waals surface area (Å²) in [5.74, 6) is 0.690. The molecule has 0 aliphatic carbocycles. The fourth-order valence-corrected chi connectivity index (χ4v) is 2.24. The van der Waals surface area contributed by atoms with E-state index >= 15 is 0 Å². The van der Waals surface area contributed by atoms with Crippen LogP contribution < -0.4 is 5.32 Å². The van der Waals surface area contributed by atoms with Gasteiger partial charge in [0.15, 0.2) is 0 Å². The van der Waals surface area contributed by atoms with E-state index in [0.29, 0.717) is 17.2 Å². The third-order valence-electron chi connectivity index (χ3n) is 2.93. The second kappa shape index (κ2) is 4.58. The Labute approximate surface area is 105 Å². The minimum atomic E-state index is 0.125. The van der Waals surface area contributed by atoms with E-state index in [1.54, 1.807) is 0 Å². The normalized spacial score (nSPS) is 16.9. The fraction of sp³-hybridized carbons (Fsp3) is 0.462. The van der Waals surface area contributed by atoms with E-state index in [-0.39, 0.29) is 5.91 Å². The van der Waals surface area contributed by atoms with Crippen molar-refractivity contribution in [3.63, 3.8) is 0 Å². The number of benzene rings is 1. The Morgan fingerprint density at radius 3 is 2.75 bits per heavy atom. The Balaban J connectivity index is 2.29. The molecule has 1 unspecified atom stereocenters. The number of fused-ring (bicyclic) bond motifs is 1. The number of halogens is 1. The standard InChI is InChI=1S/C13H16BrNO/c1-8(2)13(14)10-3-5-11-9(7-10)4-6-12(16)15-11/h3,5,7-8,13H,4,6H2,1-2H3,(H,15,16). The molecule has 16 heavy (non-hydrogen) atoms. The molecule has 1 heterocycles. The number of anilines is 1. The smallest absolute Gasteiger partial charge is 0.224 e. The minimum Gasteiger partial charge on any atom is -0.326 e. The number of carbonyl (C=O) groups excluding carboxylic acids is 1. The van der Waals surface area contributed by atoms with Crippen LogP contribution in [0.4, 0.5) is 5.69 Å². The highest BCUT2D eigenvalue weighted by Crippen LogP contribution is 2.33. The number of rotatable bonds is 2. The minimum absolute atomic E-state index is 0.125. The predicted molar refractivity (Wildman–Crippen MR) is 69.9 cm³/mol. The van der Waals surface area contributed by atoms with Crippen LogP contribution in [0.15, 0.2) is 18.2 Å². The van der Waals surface area contributed by atoms with Gasteiger partial charge >= 0.3 is 0 Å². The van der Waals surface area contributed by atoms with Gasteiger partial charge < -0.3 is 5.32 Å². The third-order valence-corrected chi connectivity index (χ3v) is 4.51. The predicted octanol–water partition coefficient (Wildman–Crippen LogP) is 3.66. The van der Waals surface area contributed by atoms with Crippen molar-refractivity contribution in [2.24, 2.45) is 5.92 Å². The van der Waals surface area contributed by atoms with Crippen LogP contribution in [0.5, 0.6) is 0 Å². The highest BCUT2D eigenvalue weighted by Gasteiger charge is 2.18. The van der Waals surface area contributed by atoms with Crippen molar-refractivity contribution in [3.8, 4) is 0 Å². The number of hydrogen-bond donors (Lipinski definition) is 1. The van der Waals surface area contributed by atoms with Gasteiger partial charge in [0, 0.05) is 16.9 Å². The topological polar surface area (TPSA) is 29.1 Å². The van der Waals surface area contributed by atoms with E-state index in [9.17, 15) is 4.79 Å². The second-order valence-electron chi connectivity index (χ2n) is 4.61. The molecule has 2 rings (SSSR count). The molecule has 1 aromatic rings. The van der Waals surface area contributed by atoms with E-state index < -0.39 is 0 Å². The summed E-state index contributed by atoms with van der Waals surface area (Å²) in [6, 6.07) is 6.30. The van der Waals surface area contributed by atoms with Crippen LogP contribution in [-0.4, -0.2) is 5.91 Å². The van der Waals surface area contributed by atoms with Gasteiger partial charge in [-0.15, -0.1) is 0 Å². The van der Waals surface area contributed by atoms with Crippen molar-refractivity contribution in [1.82, 2.24) is 0 Å². The lowest BCUT2D eigenvalue weighted by Crippen LogP contribution is -2.19. The molecule has 2 nitrogen and oxygen atoms in total. The number of nitrogens with one attached hydrogen (secondary N) is 1. The molecule has 1 aliphatic rings. The summed E-state index contributed by atoms with van der Waals surface area (Å²) in [4.78, 5) is 11.6. The van der Waals surface area contributed by atoms with Crippen LogP contribution in [0.2, 0.25) is 0 Å². The van der Waals surface area contributed by atoms with Crippen LogP contribution in [0.3, 0.4) is 0 Å². The van der Waals surface area contributed by atoms with Crippen LogP contribution in [0, 0.1) is 5.92 Å². The summed E-state index contributed by atoms with van der Waals surface area (Å²) in [6.07, 6.45) is 1.46. The van der Waals surface area contributed by atoms with Crippen molar-refractivity contribution < 1.29 is 4.79 Å². The monoisotopic (exact) mass is 281 g/mol. The molecule has 0 bridgehead atoms. The number of alkyl halides is 1. The molecule has 3 heteroatoms. The van der Waals surface area contributed by atoms with Crippen molar-refractivity contribution in [3.05, 3.63) is 29.3 Å². The van der Waals surface area contributed by atoms with E-state index in [1.165, 1.54) is 11.1 Å². The molecule has 0 saturated carbocycles. The first kappa shape index (κ1) is 11.6. The zero-order valence-corrected chi connectivity index (χ0v) is 11.2. The van der Waals surface area contributed by atoms with Gasteiger partial charge in [0.25, 0.3) is 0 Å². The molecular weight excluding hydrogens is 266 g/mol. The summed E-state index contributed by atoms with van der Waals surface area (Å²) < 4.78 is 0. The van der Waals surface area contributed by atoms with Gasteiger partial charge in [-0.05, 0) is 29.5 Å². The van der Waals surface area contributed by atoms with Crippen LogP contribution in [-0.2, 0) is 11.2 Å². The number of hydrogen-bond acceptors (Lipinski definition) is 1. The summed E-state index contributed by atoms with van der Waals surface area (Å²) >= 11 is 3.70. The lowest BCUT2D eigenvalue weighted by molar-refractivity contribution is -0.116. The lowest BCUT2D eigenvalue weighted by atomic mass is 9.96. The van der Waals surface area contributed by atoms with Gasteiger partial charge in [-0.2, -0.15) is 0 Å². The Hall–Kier alpha value is -0.830. The van der Waals surface area contributed by atoms with E-state index in [2.05, 4.69) is 47.2 Å². The van der Waals surface area contributed by atoms with Gasteiger partial charge in [0.1, 0.15) is 0 Å². The highest BCUT2D eigenvalue weighted by molar-refractivity contribution is 9.09. The van der Waals surface area contributed by atoms with Crippen molar-refractivity contribution in [2.45, 2.75) is 31.5 Å². The quantitative estimate of drug-likeness (QED) is 0.824. The maximum Gasteiger partial charge on any atom is 0.224 e. The SMILES string of the molecule is CC(C)C(Br)c1ccc2c(c1)CCC(=O)N2. The third kappa shape index (κ3) is 2.29. The Bertz CT molecular complexity index is 414. The van der Waals surface area contributed by atoms with Gasteiger partial charge in [0.05, 0.1) is 0 Å². The molecule has 0 radical (unpaired) electrons. The average molecular weight is 282 g/mol. The average Bonchev–Trinajstić information content (AvgIpc) is 2.27. The van der Waals surface area contributed by atoms with Gasteiger partial charge in [-0.1, -0.05) is 41.9 Å². The van der Waals surface area contributed by atoms with Gasteiger partial charge in [0.2, 0.25) is 5.91 Å². The zero-order chi connectivity index (χ0) is 11.7. The molecule has 1 amide bonds.